The molecule has 0 bridgehead atoms. The highest BCUT2D eigenvalue weighted by molar-refractivity contribution is 7.07. The lowest BCUT2D eigenvalue weighted by atomic mass is 9.96. The van der Waals surface area contributed by atoms with Crippen LogP contribution in [0.15, 0.2) is 63.5 Å². The number of aromatic nitrogens is 1. The van der Waals surface area contributed by atoms with Crippen LogP contribution in [0.3, 0.4) is 0 Å². The van der Waals surface area contributed by atoms with Gasteiger partial charge in [-0.1, -0.05) is 29.5 Å². The number of esters is 1. The summed E-state index contributed by atoms with van der Waals surface area (Å²) < 4.78 is 24.0. The van der Waals surface area contributed by atoms with Gasteiger partial charge in [0.1, 0.15) is 5.75 Å². The zero-order chi connectivity index (χ0) is 26.5. The summed E-state index contributed by atoms with van der Waals surface area (Å²) in [6.45, 7) is 8.57. The minimum Gasteiger partial charge on any atom is -0.494 e. The van der Waals surface area contributed by atoms with Gasteiger partial charge in [-0.3, -0.25) is 9.36 Å². The molecule has 2 heterocycles. The van der Waals surface area contributed by atoms with Crippen molar-refractivity contribution in [2.75, 3.05) is 26.9 Å². The van der Waals surface area contributed by atoms with Crippen molar-refractivity contribution in [3.63, 3.8) is 0 Å². The Kier molecular flexibility index (Phi) is 8.13. The molecule has 9 heteroatoms. The molecule has 194 valence electrons. The second kappa shape index (κ2) is 11.5. The summed E-state index contributed by atoms with van der Waals surface area (Å²) in [5, 5.41) is 0. The summed E-state index contributed by atoms with van der Waals surface area (Å²) in [4.78, 5) is 31.9. The van der Waals surface area contributed by atoms with Gasteiger partial charge in [-0.05, 0) is 69.2 Å². The van der Waals surface area contributed by atoms with E-state index in [0.717, 1.165) is 11.1 Å². The number of carbonyl (C=O) groups excluding carboxylic acids is 1. The zero-order valence-corrected chi connectivity index (χ0v) is 22.4. The molecule has 37 heavy (non-hydrogen) atoms. The van der Waals surface area contributed by atoms with Crippen LogP contribution in [-0.2, 0) is 9.53 Å². The molecule has 0 amide bonds. The van der Waals surface area contributed by atoms with Gasteiger partial charge in [-0.2, -0.15) is 0 Å². The Morgan fingerprint density at radius 3 is 2.41 bits per heavy atom. The maximum absolute atomic E-state index is 13.8. The summed E-state index contributed by atoms with van der Waals surface area (Å²) in [5.41, 5.74) is 2.16. The monoisotopic (exact) mass is 522 g/mol. The second-order valence-corrected chi connectivity index (χ2v) is 9.16. The minimum absolute atomic E-state index is 0.218. The van der Waals surface area contributed by atoms with E-state index in [9.17, 15) is 9.59 Å². The molecule has 3 aromatic rings. The van der Waals surface area contributed by atoms with Gasteiger partial charge >= 0.3 is 5.97 Å². The topological polar surface area (TPSA) is 88.4 Å². The van der Waals surface area contributed by atoms with Gasteiger partial charge in [-0.15, -0.1) is 0 Å². The molecular formula is C28H30N2O6S. The number of fused-ring (bicyclic) bond motifs is 1. The largest absolute Gasteiger partial charge is 0.494 e. The molecule has 2 aromatic carbocycles. The van der Waals surface area contributed by atoms with E-state index in [2.05, 4.69) is 4.99 Å². The molecule has 1 aliphatic rings. The van der Waals surface area contributed by atoms with E-state index in [1.54, 1.807) is 37.7 Å². The second-order valence-electron chi connectivity index (χ2n) is 8.15. The van der Waals surface area contributed by atoms with Crippen LogP contribution in [0, 0.1) is 0 Å². The molecule has 1 atom stereocenters. The van der Waals surface area contributed by atoms with Crippen LogP contribution in [-0.4, -0.2) is 37.5 Å². The first-order valence-corrected chi connectivity index (χ1v) is 13.0. The fourth-order valence-electron chi connectivity index (χ4n) is 4.22. The molecule has 0 fully saturated rings. The normalized spacial score (nSPS) is 15.2. The van der Waals surface area contributed by atoms with Gasteiger partial charge in [0.25, 0.3) is 5.56 Å². The van der Waals surface area contributed by atoms with E-state index < -0.39 is 12.0 Å². The first-order chi connectivity index (χ1) is 17.9. The third kappa shape index (κ3) is 5.32. The van der Waals surface area contributed by atoms with E-state index in [-0.39, 0.29) is 12.2 Å². The van der Waals surface area contributed by atoms with Crippen molar-refractivity contribution in [3.8, 4) is 17.2 Å². The highest BCUT2D eigenvalue weighted by atomic mass is 32.1. The molecule has 1 aliphatic heterocycles. The summed E-state index contributed by atoms with van der Waals surface area (Å²) in [7, 11) is 1.58. The fraction of sp³-hybridized carbons (Fsp3) is 0.321. The number of methoxy groups -OCH3 is 1. The number of rotatable bonds is 9. The molecule has 0 radical (unpaired) electrons. The number of carbonyl (C=O) groups is 1. The predicted octanol–water partition coefficient (Wildman–Crippen LogP) is 3.60. The van der Waals surface area contributed by atoms with E-state index in [1.165, 1.54) is 11.3 Å². The van der Waals surface area contributed by atoms with E-state index in [0.29, 0.717) is 51.1 Å². The molecule has 0 aliphatic carbocycles. The predicted molar refractivity (Wildman–Crippen MR) is 142 cm³/mol. The number of hydrogen-bond donors (Lipinski definition) is 0. The van der Waals surface area contributed by atoms with Crippen LogP contribution in [0.5, 0.6) is 17.2 Å². The highest BCUT2D eigenvalue weighted by Gasteiger charge is 2.33. The lowest BCUT2D eigenvalue weighted by Gasteiger charge is -2.24. The van der Waals surface area contributed by atoms with Gasteiger partial charge < -0.3 is 18.9 Å². The summed E-state index contributed by atoms with van der Waals surface area (Å²) >= 11 is 1.27. The lowest BCUT2D eigenvalue weighted by molar-refractivity contribution is -0.139. The maximum atomic E-state index is 13.8. The van der Waals surface area contributed by atoms with Crippen molar-refractivity contribution < 1.29 is 23.7 Å². The number of ether oxygens (including phenoxy) is 4. The lowest BCUT2D eigenvalue weighted by Crippen LogP contribution is -2.39. The fourth-order valence-corrected chi connectivity index (χ4v) is 5.27. The van der Waals surface area contributed by atoms with Gasteiger partial charge in [-0.25, -0.2) is 9.79 Å². The molecule has 0 unspecified atom stereocenters. The van der Waals surface area contributed by atoms with Crippen molar-refractivity contribution in [3.05, 3.63) is 84.5 Å². The van der Waals surface area contributed by atoms with Crippen LogP contribution >= 0.6 is 11.3 Å². The van der Waals surface area contributed by atoms with Crippen molar-refractivity contribution in [1.29, 1.82) is 0 Å². The molecular weight excluding hydrogens is 492 g/mol. The average Bonchev–Trinajstić information content (AvgIpc) is 3.18. The van der Waals surface area contributed by atoms with Gasteiger partial charge in [0.2, 0.25) is 0 Å². The molecule has 0 saturated heterocycles. The molecule has 8 nitrogen and oxygen atoms in total. The summed E-state index contributed by atoms with van der Waals surface area (Å²) in [6.07, 6.45) is 1.80. The first kappa shape index (κ1) is 26.2. The maximum Gasteiger partial charge on any atom is 0.338 e. The smallest absolute Gasteiger partial charge is 0.338 e. The number of benzene rings is 2. The third-order valence-corrected chi connectivity index (χ3v) is 6.79. The Morgan fingerprint density at radius 2 is 1.76 bits per heavy atom. The molecule has 0 saturated carbocycles. The van der Waals surface area contributed by atoms with Gasteiger partial charge in [0.05, 0.1) is 48.8 Å². The van der Waals surface area contributed by atoms with E-state index in [4.69, 9.17) is 18.9 Å². The Labute approximate surface area is 219 Å². The SMILES string of the molecule is CCOC(=O)C1=C(C)N=c2s/c(=C\c3ccc(OC)c(OCC)c3)c(=O)n2[C@@H]1c1ccc(OCC)cc1. The Hall–Kier alpha value is -3.85. The van der Waals surface area contributed by atoms with Crippen molar-refractivity contribution in [1.82, 2.24) is 4.57 Å². The zero-order valence-electron chi connectivity index (χ0n) is 21.6. The summed E-state index contributed by atoms with van der Waals surface area (Å²) in [5.74, 6) is 1.43. The van der Waals surface area contributed by atoms with E-state index >= 15 is 0 Å². The number of allylic oxidation sites excluding steroid dienone is 1. The Balaban J connectivity index is 1.88. The number of nitrogens with zero attached hydrogens (tertiary/aromatic N) is 2. The van der Waals surface area contributed by atoms with Crippen LogP contribution in [0.1, 0.15) is 44.9 Å². The van der Waals surface area contributed by atoms with Crippen molar-refractivity contribution >= 4 is 23.4 Å². The van der Waals surface area contributed by atoms with Crippen LogP contribution < -0.4 is 29.1 Å². The van der Waals surface area contributed by atoms with Crippen molar-refractivity contribution in [2.45, 2.75) is 33.7 Å². The molecule has 0 N–H and O–H groups in total. The highest BCUT2D eigenvalue weighted by Crippen LogP contribution is 2.32. The van der Waals surface area contributed by atoms with Gasteiger partial charge in [0.15, 0.2) is 16.3 Å². The Bertz CT molecular complexity index is 1500. The minimum atomic E-state index is -0.678. The average molecular weight is 523 g/mol. The molecule has 1 aromatic heterocycles. The number of hydrogen-bond acceptors (Lipinski definition) is 8. The standard InChI is InChI=1S/C28H30N2O6S/c1-6-34-20-12-10-19(11-13-20)25-24(27(32)36-8-3)17(4)29-28-30(25)26(31)23(37-28)16-18-9-14-21(33-5)22(15-18)35-7-2/h9-16,25H,6-8H2,1-5H3/b23-16-/t25-/m1/s1. The summed E-state index contributed by atoms with van der Waals surface area (Å²) in [6, 6.07) is 12.2. The van der Waals surface area contributed by atoms with E-state index in [1.807, 2.05) is 50.2 Å². The number of thiazole rings is 1. The van der Waals surface area contributed by atoms with Crippen LogP contribution in [0.2, 0.25) is 0 Å². The quantitative estimate of drug-likeness (QED) is 0.399. The van der Waals surface area contributed by atoms with Crippen LogP contribution in [0.25, 0.3) is 6.08 Å². The van der Waals surface area contributed by atoms with Crippen LogP contribution in [0.4, 0.5) is 0 Å². The third-order valence-electron chi connectivity index (χ3n) is 5.81. The van der Waals surface area contributed by atoms with Crippen molar-refractivity contribution in [2.24, 2.45) is 4.99 Å². The first-order valence-electron chi connectivity index (χ1n) is 12.1. The Morgan fingerprint density at radius 1 is 1.03 bits per heavy atom. The van der Waals surface area contributed by atoms with Gasteiger partial charge in [0, 0.05) is 0 Å². The molecule has 0 spiro atoms. The molecule has 4 rings (SSSR count).